The zero-order valence-electron chi connectivity index (χ0n) is 21.7. The molecule has 0 aliphatic carbocycles. The molecule has 2 heterocycles. The number of H-pyrrole nitrogens is 1. The Morgan fingerprint density at radius 3 is 2.45 bits per heavy atom. The van der Waals surface area contributed by atoms with Crippen LogP contribution >= 0.6 is 0 Å². The van der Waals surface area contributed by atoms with Crippen LogP contribution in [-0.2, 0) is 6.18 Å². The van der Waals surface area contributed by atoms with Gasteiger partial charge in [-0.1, -0.05) is 6.08 Å². The Bertz CT molecular complexity index is 1510. The van der Waals surface area contributed by atoms with Crippen LogP contribution in [0.5, 0.6) is 0 Å². The zero-order chi connectivity index (χ0) is 28.9. The van der Waals surface area contributed by atoms with Gasteiger partial charge in [-0.3, -0.25) is 14.6 Å². The van der Waals surface area contributed by atoms with Crippen LogP contribution in [0.3, 0.4) is 0 Å². The van der Waals surface area contributed by atoms with Crippen LogP contribution < -0.4 is 21.9 Å². The number of nitrogens with zero attached hydrogens (tertiary/aromatic N) is 3. The number of nitrogens with one attached hydrogen (secondary N) is 2. The third-order valence-corrected chi connectivity index (χ3v) is 6.65. The minimum atomic E-state index is -4.47. The first-order valence-electron chi connectivity index (χ1n) is 12.7. The van der Waals surface area contributed by atoms with E-state index in [1.165, 1.54) is 27.8 Å². The normalized spacial score (nSPS) is 13.1. The highest BCUT2D eigenvalue weighted by Crippen LogP contribution is 2.32. The van der Waals surface area contributed by atoms with Crippen molar-refractivity contribution in [2.45, 2.75) is 37.9 Å². The van der Waals surface area contributed by atoms with Gasteiger partial charge in [-0.2, -0.15) is 13.2 Å². The van der Waals surface area contributed by atoms with Crippen molar-refractivity contribution in [3.8, 4) is 0 Å². The minimum Gasteiger partial charge on any atom is -0.320 e. The molecular formula is C28H29F5N6O. The van der Waals surface area contributed by atoms with Crippen molar-refractivity contribution in [3.63, 3.8) is 0 Å². The van der Waals surface area contributed by atoms with E-state index in [9.17, 15) is 26.7 Å². The van der Waals surface area contributed by atoms with Gasteiger partial charge in [0.1, 0.15) is 5.52 Å². The molecule has 4 N–H and O–H groups in total. The SMILES string of the molecule is CNCCC(CCC/C=C(/c1ccncc1)N(N)c1ccc(C(F)(F)F)cc1)n1c(=O)[nH]c2ccc(F)c(F)c21. The van der Waals surface area contributed by atoms with Gasteiger partial charge in [-0.15, -0.1) is 0 Å². The number of nitrogens with two attached hydrogens (primary N) is 1. The van der Waals surface area contributed by atoms with Gasteiger partial charge in [0.05, 0.1) is 22.5 Å². The summed E-state index contributed by atoms with van der Waals surface area (Å²) in [4.78, 5) is 19.4. The molecule has 1 atom stereocenters. The molecule has 1 unspecified atom stereocenters. The van der Waals surface area contributed by atoms with Gasteiger partial charge in [-0.25, -0.2) is 19.4 Å². The standard InChI is InChI=1S/C28H29F5N6O/c1-35-15-14-20(38-26-23(37-27(38)40)11-10-22(29)25(26)30)4-2-3-5-24(18-12-16-36-17-13-18)39(34)21-8-6-19(7-9-21)28(31,32)33/h5-13,16-17,20,35H,2-4,14-15,34H2,1H3,(H,37,40)/b24-5-. The monoisotopic (exact) mass is 560 g/mol. The molecule has 0 aliphatic rings. The van der Waals surface area contributed by atoms with Crippen molar-refractivity contribution in [1.82, 2.24) is 19.9 Å². The number of anilines is 1. The highest BCUT2D eigenvalue weighted by atomic mass is 19.4. The molecule has 0 amide bonds. The summed E-state index contributed by atoms with van der Waals surface area (Å²) in [5.74, 6) is 4.24. The maximum Gasteiger partial charge on any atom is 0.416 e. The number of fused-ring (bicyclic) bond motifs is 1. The van der Waals surface area contributed by atoms with Gasteiger partial charge >= 0.3 is 11.9 Å². The molecule has 0 fully saturated rings. The molecule has 0 saturated heterocycles. The van der Waals surface area contributed by atoms with Crippen molar-refractivity contribution in [2.24, 2.45) is 5.84 Å². The Labute approximate surface area is 227 Å². The van der Waals surface area contributed by atoms with E-state index in [-0.39, 0.29) is 11.0 Å². The van der Waals surface area contributed by atoms with E-state index in [4.69, 9.17) is 5.84 Å². The molecule has 0 spiro atoms. The third-order valence-electron chi connectivity index (χ3n) is 6.65. The third kappa shape index (κ3) is 6.40. The fraction of sp³-hybridized carbons (Fsp3) is 0.286. The van der Waals surface area contributed by atoms with Crippen LogP contribution in [0.2, 0.25) is 0 Å². The molecule has 0 bridgehead atoms. The van der Waals surface area contributed by atoms with Crippen molar-refractivity contribution in [1.29, 1.82) is 0 Å². The van der Waals surface area contributed by atoms with E-state index in [0.29, 0.717) is 49.2 Å². The molecule has 0 saturated carbocycles. The van der Waals surface area contributed by atoms with Gasteiger partial charge in [-0.05, 0) is 87.8 Å². The molecule has 4 aromatic rings. The van der Waals surface area contributed by atoms with Crippen LogP contribution in [0.4, 0.5) is 27.6 Å². The van der Waals surface area contributed by atoms with Crippen molar-refractivity contribution in [3.05, 3.63) is 100 Å². The quantitative estimate of drug-likeness (QED) is 0.0939. The number of aromatic nitrogens is 3. The number of benzene rings is 2. The fourth-order valence-electron chi connectivity index (χ4n) is 4.64. The predicted molar refractivity (Wildman–Crippen MR) is 144 cm³/mol. The minimum absolute atomic E-state index is 0.102. The first-order valence-corrected chi connectivity index (χ1v) is 12.7. The Balaban J connectivity index is 1.58. The lowest BCUT2D eigenvalue weighted by atomic mass is 10.0. The van der Waals surface area contributed by atoms with Crippen molar-refractivity contribution < 1.29 is 22.0 Å². The van der Waals surface area contributed by atoms with E-state index >= 15 is 0 Å². The summed E-state index contributed by atoms with van der Waals surface area (Å²) < 4.78 is 69.0. The maximum absolute atomic E-state index is 14.7. The molecule has 212 valence electrons. The number of pyridine rings is 1. The lowest BCUT2D eigenvalue weighted by Crippen LogP contribution is -2.29. The largest absolute Gasteiger partial charge is 0.416 e. The van der Waals surface area contributed by atoms with Gasteiger partial charge in [0, 0.05) is 24.0 Å². The number of allylic oxidation sites excluding steroid dienone is 1. The van der Waals surface area contributed by atoms with E-state index in [2.05, 4.69) is 15.3 Å². The van der Waals surface area contributed by atoms with Crippen LogP contribution in [0.25, 0.3) is 16.7 Å². The molecule has 12 heteroatoms. The lowest BCUT2D eigenvalue weighted by Gasteiger charge is -2.23. The topological polar surface area (TPSA) is 92.0 Å². The Hall–Kier alpha value is -4.03. The summed E-state index contributed by atoms with van der Waals surface area (Å²) in [6.07, 6.45) is 2.54. The smallest absolute Gasteiger partial charge is 0.320 e. The number of rotatable bonds is 11. The first-order chi connectivity index (χ1) is 19.1. The Kier molecular flexibility index (Phi) is 9.00. The Morgan fingerprint density at radius 1 is 1.10 bits per heavy atom. The number of alkyl halides is 3. The number of aromatic amines is 1. The second-order valence-electron chi connectivity index (χ2n) is 9.27. The fourth-order valence-corrected chi connectivity index (χ4v) is 4.64. The van der Waals surface area contributed by atoms with E-state index in [0.717, 1.165) is 18.2 Å². The zero-order valence-corrected chi connectivity index (χ0v) is 21.7. The summed E-state index contributed by atoms with van der Waals surface area (Å²) in [6.45, 7) is 0.545. The number of halogens is 5. The molecule has 40 heavy (non-hydrogen) atoms. The summed E-state index contributed by atoms with van der Waals surface area (Å²) in [5.41, 5.74) is 0.411. The van der Waals surface area contributed by atoms with Crippen LogP contribution in [0.15, 0.2) is 71.8 Å². The highest BCUT2D eigenvalue weighted by molar-refractivity contribution is 5.78. The van der Waals surface area contributed by atoms with Crippen molar-refractivity contribution in [2.75, 3.05) is 18.6 Å². The number of hydrogen-bond acceptors (Lipinski definition) is 5. The number of hydrogen-bond donors (Lipinski definition) is 3. The molecule has 7 nitrogen and oxygen atoms in total. The second kappa shape index (κ2) is 12.4. The second-order valence-corrected chi connectivity index (χ2v) is 9.27. The van der Waals surface area contributed by atoms with E-state index in [1.807, 2.05) is 6.08 Å². The van der Waals surface area contributed by atoms with Gasteiger partial charge in [0.2, 0.25) is 0 Å². The lowest BCUT2D eigenvalue weighted by molar-refractivity contribution is -0.137. The van der Waals surface area contributed by atoms with Gasteiger partial charge < -0.3 is 10.3 Å². The number of imidazole rings is 1. The van der Waals surface area contributed by atoms with Crippen LogP contribution in [0, 0.1) is 11.6 Å². The average molecular weight is 561 g/mol. The maximum atomic E-state index is 14.7. The van der Waals surface area contributed by atoms with Gasteiger partial charge in [0.25, 0.3) is 0 Å². The highest BCUT2D eigenvalue weighted by Gasteiger charge is 2.30. The molecule has 2 aromatic carbocycles. The van der Waals surface area contributed by atoms with Crippen molar-refractivity contribution >= 4 is 22.4 Å². The molecule has 0 aliphatic heterocycles. The summed E-state index contributed by atoms with van der Waals surface area (Å²) in [6, 6.07) is 9.86. The number of unbranched alkanes of at least 4 members (excludes halogenated alkanes) is 1. The first kappa shape index (κ1) is 29.0. The van der Waals surface area contributed by atoms with Crippen LogP contribution in [-0.4, -0.2) is 28.1 Å². The average Bonchev–Trinajstić information content (AvgIpc) is 3.28. The summed E-state index contributed by atoms with van der Waals surface area (Å²) in [7, 11) is 1.76. The summed E-state index contributed by atoms with van der Waals surface area (Å²) >= 11 is 0. The van der Waals surface area contributed by atoms with Crippen LogP contribution in [0.1, 0.15) is 42.9 Å². The van der Waals surface area contributed by atoms with Gasteiger partial charge in [0.15, 0.2) is 11.6 Å². The molecular weight excluding hydrogens is 531 g/mol. The number of hydrazine groups is 1. The predicted octanol–water partition coefficient (Wildman–Crippen LogP) is 5.76. The molecule has 0 radical (unpaired) electrons. The molecule has 2 aromatic heterocycles. The van der Waals surface area contributed by atoms with E-state index in [1.54, 1.807) is 31.6 Å². The molecule has 4 rings (SSSR count). The Morgan fingerprint density at radius 2 is 1.80 bits per heavy atom. The van der Waals surface area contributed by atoms with E-state index < -0.39 is 35.1 Å². The summed E-state index contributed by atoms with van der Waals surface area (Å²) in [5, 5.41) is 4.33.